The van der Waals surface area contributed by atoms with Gasteiger partial charge in [-0.1, -0.05) is 30.3 Å². The van der Waals surface area contributed by atoms with E-state index in [0.717, 1.165) is 19.3 Å². The van der Waals surface area contributed by atoms with Gasteiger partial charge < -0.3 is 0 Å². The van der Waals surface area contributed by atoms with Gasteiger partial charge in [-0.2, -0.15) is 5.10 Å². The zero-order valence-electron chi connectivity index (χ0n) is 11.8. The van der Waals surface area contributed by atoms with E-state index in [2.05, 4.69) is 29.4 Å². The molecule has 3 rings (SSSR count). The molecule has 0 spiro atoms. The molecular formula is C17H20N2O. The molecule has 0 bridgehead atoms. The first-order valence-corrected chi connectivity index (χ1v) is 7.27. The van der Waals surface area contributed by atoms with E-state index in [4.69, 9.17) is 0 Å². The molecule has 3 heteroatoms. The minimum atomic E-state index is 0.151. The Morgan fingerprint density at radius 3 is 2.80 bits per heavy atom. The van der Waals surface area contributed by atoms with Gasteiger partial charge in [-0.05, 0) is 36.3 Å². The average molecular weight is 268 g/mol. The molecule has 1 saturated carbocycles. The molecule has 0 amide bonds. The summed E-state index contributed by atoms with van der Waals surface area (Å²) in [4.78, 5) is 12.2. The Balaban J connectivity index is 1.72. The SMILES string of the molecule is Cn1cc(CC2CC(c3ccccc3)CCC2=O)cn1. The summed E-state index contributed by atoms with van der Waals surface area (Å²) < 4.78 is 1.80. The lowest BCUT2D eigenvalue weighted by molar-refractivity contribution is -0.124. The monoisotopic (exact) mass is 268 g/mol. The first kappa shape index (κ1) is 13.1. The Morgan fingerprint density at radius 1 is 1.30 bits per heavy atom. The Kier molecular flexibility index (Phi) is 3.68. The van der Waals surface area contributed by atoms with Gasteiger partial charge in [-0.25, -0.2) is 0 Å². The molecule has 1 aromatic heterocycles. The second-order valence-corrected chi connectivity index (χ2v) is 5.77. The van der Waals surface area contributed by atoms with Crippen molar-refractivity contribution < 1.29 is 4.79 Å². The maximum atomic E-state index is 12.2. The molecule has 0 N–H and O–H groups in total. The zero-order chi connectivity index (χ0) is 13.9. The maximum absolute atomic E-state index is 12.2. The summed E-state index contributed by atoms with van der Waals surface area (Å²) in [6.07, 6.45) is 7.39. The van der Waals surface area contributed by atoms with Gasteiger partial charge in [0.25, 0.3) is 0 Å². The van der Waals surface area contributed by atoms with Crippen molar-refractivity contribution in [2.75, 3.05) is 0 Å². The Bertz CT molecular complexity index is 588. The number of benzene rings is 1. The number of rotatable bonds is 3. The number of aryl methyl sites for hydroxylation is 1. The Labute approximate surface area is 119 Å². The third-order valence-corrected chi connectivity index (χ3v) is 4.28. The van der Waals surface area contributed by atoms with Crippen molar-refractivity contribution >= 4 is 5.78 Å². The van der Waals surface area contributed by atoms with Crippen LogP contribution in [0.1, 0.15) is 36.3 Å². The van der Waals surface area contributed by atoms with E-state index in [0.29, 0.717) is 18.1 Å². The van der Waals surface area contributed by atoms with Gasteiger partial charge in [0.05, 0.1) is 6.20 Å². The van der Waals surface area contributed by atoms with E-state index >= 15 is 0 Å². The van der Waals surface area contributed by atoms with E-state index in [1.165, 1.54) is 11.1 Å². The summed E-state index contributed by atoms with van der Waals surface area (Å²) in [7, 11) is 1.92. The van der Waals surface area contributed by atoms with Crippen LogP contribution >= 0.6 is 0 Å². The minimum Gasteiger partial charge on any atom is -0.299 e. The van der Waals surface area contributed by atoms with E-state index in [1.807, 2.05) is 25.5 Å². The fourth-order valence-electron chi connectivity index (χ4n) is 3.20. The summed E-state index contributed by atoms with van der Waals surface area (Å²) in [5, 5.41) is 4.19. The van der Waals surface area contributed by atoms with Gasteiger partial charge in [0.15, 0.2) is 0 Å². The lowest BCUT2D eigenvalue weighted by atomic mass is 9.75. The normalized spacial score (nSPS) is 22.9. The third-order valence-electron chi connectivity index (χ3n) is 4.28. The summed E-state index contributed by atoms with van der Waals surface area (Å²) in [6, 6.07) is 10.6. The number of carbonyl (C=O) groups is 1. The molecule has 0 aliphatic heterocycles. The number of hydrogen-bond acceptors (Lipinski definition) is 2. The molecular weight excluding hydrogens is 248 g/mol. The molecule has 1 fully saturated rings. The van der Waals surface area contributed by atoms with Gasteiger partial charge in [-0.15, -0.1) is 0 Å². The van der Waals surface area contributed by atoms with Crippen LogP contribution in [-0.4, -0.2) is 15.6 Å². The fourth-order valence-corrected chi connectivity index (χ4v) is 3.20. The van der Waals surface area contributed by atoms with Crippen molar-refractivity contribution in [2.24, 2.45) is 13.0 Å². The van der Waals surface area contributed by atoms with Crippen molar-refractivity contribution in [1.29, 1.82) is 0 Å². The molecule has 0 radical (unpaired) electrons. The number of aromatic nitrogens is 2. The van der Waals surface area contributed by atoms with E-state index < -0.39 is 0 Å². The van der Waals surface area contributed by atoms with Crippen LogP contribution in [-0.2, 0) is 18.3 Å². The summed E-state index contributed by atoms with van der Waals surface area (Å²) in [5.41, 5.74) is 2.54. The average Bonchev–Trinajstić information content (AvgIpc) is 2.88. The largest absolute Gasteiger partial charge is 0.299 e. The number of Topliss-reactive ketones (excluding diaryl/α,β-unsaturated/α-hetero) is 1. The lowest BCUT2D eigenvalue weighted by Gasteiger charge is -2.28. The summed E-state index contributed by atoms with van der Waals surface area (Å²) in [6.45, 7) is 0. The standard InChI is InChI=1S/C17H20N2O/c1-19-12-13(11-18-19)9-16-10-15(7-8-17(16)20)14-5-3-2-4-6-14/h2-6,11-12,15-16H,7-10H2,1H3. The zero-order valence-corrected chi connectivity index (χ0v) is 11.8. The van der Waals surface area contributed by atoms with E-state index in [9.17, 15) is 4.79 Å². The van der Waals surface area contributed by atoms with Crippen molar-refractivity contribution in [3.63, 3.8) is 0 Å². The molecule has 1 aromatic carbocycles. The summed E-state index contributed by atoms with van der Waals surface area (Å²) >= 11 is 0. The molecule has 2 unspecified atom stereocenters. The molecule has 104 valence electrons. The molecule has 2 aromatic rings. The fraction of sp³-hybridized carbons (Fsp3) is 0.412. The predicted molar refractivity (Wildman–Crippen MR) is 78.4 cm³/mol. The molecule has 0 saturated heterocycles. The van der Waals surface area contributed by atoms with Gasteiger partial charge in [0, 0.05) is 25.6 Å². The van der Waals surface area contributed by atoms with Crippen LogP contribution in [0.3, 0.4) is 0 Å². The molecule has 2 atom stereocenters. The van der Waals surface area contributed by atoms with Crippen LogP contribution in [0.2, 0.25) is 0 Å². The third kappa shape index (κ3) is 2.82. The molecule has 20 heavy (non-hydrogen) atoms. The first-order chi connectivity index (χ1) is 9.72. The first-order valence-electron chi connectivity index (χ1n) is 7.27. The quantitative estimate of drug-likeness (QED) is 0.857. The van der Waals surface area contributed by atoms with Crippen LogP contribution in [0, 0.1) is 5.92 Å². The van der Waals surface area contributed by atoms with Crippen LogP contribution in [0.15, 0.2) is 42.7 Å². The topological polar surface area (TPSA) is 34.9 Å². The van der Waals surface area contributed by atoms with E-state index in [1.54, 1.807) is 4.68 Å². The van der Waals surface area contributed by atoms with Crippen LogP contribution < -0.4 is 0 Å². The molecule has 1 heterocycles. The highest BCUT2D eigenvalue weighted by molar-refractivity contribution is 5.82. The summed E-state index contributed by atoms with van der Waals surface area (Å²) in [5.74, 6) is 1.09. The van der Waals surface area contributed by atoms with Crippen molar-refractivity contribution in [3.05, 3.63) is 53.9 Å². The van der Waals surface area contributed by atoms with Crippen molar-refractivity contribution in [3.8, 4) is 0 Å². The van der Waals surface area contributed by atoms with Gasteiger partial charge in [0.1, 0.15) is 5.78 Å². The minimum absolute atomic E-state index is 0.151. The van der Waals surface area contributed by atoms with Gasteiger partial charge >= 0.3 is 0 Å². The molecule has 1 aliphatic rings. The number of carbonyl (C=O) groups excluding carboxylic acids is 1. The van der Waals surface area contributed by atoms with Crippen LogP contribution in [0.25, 0.3) is 0 Å². The Hall–Kier alpha value is -1.90. The number of hydrogen-bond donors (Lipinski definition) is 0. The molecule has 3 nitrogen and oxygen atoms in total. The smallest absolute Gasteiger partial charge is 0.136 e. The second kappa shape index (κ2) is 5.61. The lowest BCUT2D eigenvalue weighted by Crippen LogP contribution is -2.25. The van der Waals surface area contributed by atoms with Crippen LogP contribution in [0.4, 0.5) is 0 Å². The van der Waals surface area contributed by atoms with Gasteiger partial charge in [-0.3, -0.25) is 9.48 Å². The molecule has 1 aliphatic carbocycles. The highest BCUT2D eigenvalue weighted by Gasteiger charge is 2.29. The highest BCUT2D eigenvalue weighted by atomic mass is 16.1. The van der Waals surface area contributed by atoms with Crippen molar-refractivity contribution in [2.45, 2.75) is 31.6 Å². The highest BCUT2D eigenvalue weighted by Crippen LogP contribution is 2.35. The van der Waals surface area contributed by atoms with Crippen molar-refractivity contribution in [1.82, 2.24) is 9.78 Å². The number of ketones is 1. The Morgan fingerprint density at radius 2 is 2.10 bits per heavy atom. The van der Waals surface area contributed by atoms with E-state index in [-0.39, 0.29) is 5.92 Å². The maximum Gasteiger partial charge on any atom is 0.136 e. The van der Waals surface area contributed by atoms with Crippen LogP contribution in [0.5, 0.6) is 0 Å². The number of nitrogens with zero attached hydrogens (tertiary/aromatic N) is 2. The predicted octanol–water partition coefficient (Wildman–Crippen LogP) is 3.12. The second-order valence-electron chi connectivity index (χ2n) is 5.77. The van der Waals surface area contributed by atoms with Gasteiger partial charge in [0.2, 0.25) is 0 Å².